The van der Waals surface area contributed by atoms with Crippen molar-refractivity contribution < 1.29 is 14.3 Å². The maximum atomic E-state index is 12.7. The smallest absolute Gasteiger partial charge is 0.262 e. The molecule has 1 N–H and O–H groups in total. The van der Waals surface area contributed by atoms with Crippen molar-refractivity contribution in [2.24, 2.45) is 0 Å². The van der Waals surface area contributed by atoms with Crippen LogP contribution < -0.4 is 14.8 Å². The number of carbonyl (C=O) groups excluding carboxylic acids is 1. The van der Waals surface area contributed by atoms with Crippen LogP contribution in [0.25, 0.3) is 6.08 Å². The second kappa shape index (κ2) is 11.5. The highest BCUT2D eigenvalue weighted by Gasteiger charge is 2.16. The van der Waals surface area contributed by atoms with Gasteiger partial charge in [0.1, 0.15) is 18.2 Å². The highest BCUT2D eigenvalue weighted by molar-refractivity contribution is 14.1. The number of nitriles is 1. The fourth-order valence-corrected chi connectivity index (χ4v) is 4.00. The molecule has 0 aliphatic carbocycles. The molecule has 0 radical (unpaired) electrons. The largest absolute Gasteiger partial charge is 0.493 e. The number of halogens is 1. The lowest BCUT2D eigenvalue weighted by molar-refractivity contribution is -0.117. The van der Waals surface area contributed by atoms with Gasteiger partial charge in [0, 0.05) is 0 Å². The van der Waals surface area contributed by atoms with Gasteiger partial charge in [-0.15, -0.1) is 0 Å². The average Bonchev–Trinajstić information content (AvgIpc) is 2.83. The summed E-state index contributed by atoms with van der Waals surface area (Å²) < 4.78 is 12.4. The summed E-state index contributed by atoms with van der Waals surface area (Å²) in [4.78, 5) is 12.7. The van der Waals surface area contributed by atoms with Gasteiger partial charge in [-0.2, -0.15) is 5.26 Å². The minimum Gasteiger partial charge on any atom is -0.493 e. The van der Waals surface area contributed by atoms with Crippen molar-refractivity contribution in [3.05, 3.63) is 98.1 Å². The Bertz CT molecular complexity index is 1180. The summed E-state index contributed by atoms with van der Waals surface area (Å²) in [6.07, 6.45) is 1.56. The quantitative estimate of drug-likeness (QED) is 0.212. The summed E-state index contributed by atoms with van der Waals surface area (Å²) >= 11 is 2.17. The number of ether oxygens (including phenoxy) is 2. The monoisotopic (exact) mass is 552 g/mol. The number of methoxy groups -OCH3 is 1. The fourth-order valence-electron chi connectivity index (χ4n) is 3.22. The molecular weight excluding hydrogens is 527 g/mol. The van der Waals surface area contributed by atoms with Crippen molar-refractivity contribution >= 4 is 34.6 Å². The second-order valence-corrected chi connectivity index (χ2v) is 8.75. The van der Waals surface area contributed by atoms with Crippen LogP contribution in [0.1, 0.15) is 35.2 Å². The van der Waals surface area contributed by atoms with Crippen LogP contribution in [0.4, 0.5) is 0 Å². The first-order chi connectivity index (χ1) is 15.9. The summed E-state index contributed by atoms with van der Waals surface area (Å²) in [6, 6.07) is 23.2. The topological polar surface area (TPSA) is 71.3 Å². The van der Waals surface area contributed by atoms with E-state index in [1.807, 2.05) is 80.6 Å². The molecule has 0 bridgehead atoms. The van der Waals surface area contributed by atoms with E-state index < -0.39 is 5.91 Å². The van der Waals surface area contributed by atoms with E-state index >= 15 is 0 Å². The summed E-state index contributed by atoms with van der Waals surface area (Å²) in [5.74, 6) is 0.731. The molecule has 0 saturated carbocycles. The molecule has 0 unspecified atom stereocenters. The van der Waals surface area contributed by atoms with Gasteiger partial charge >= 0.3 is 0 Å². The van der Waals surface area contributed by atoms with Crippen LogP contribution in [0, 0.1) is 21.8 Å². The van der Waals surface area contributed by atoms with Gasteiger partial charge in [-0.25, -0.2) is 0 Å². The Kier molecular flexibility index (Phi) is 8.50. The molecule has 0 aliphatic rings. The Hall–Kier alpha value is -3.31. The Morgan fingerprint density at radius 3 is 2.48 bits per heavy atom. The summed E-state index contributed by atoms with van der Waals surface area (Å²) in [6.45, 7) is 4.33. The van der Waals surface area contributed by atoms with Crippen molar-refractivity contribution in [2.75, 3.05) is 7.11 Å². The van der Waals surface area contributed by atoms with E-state index in [0.29, 0.717) is 23.7 Å². The third-order valence-corrected chi connectivity index (χ3v) is 5.88. The van der Waals surface area contributed by atoms with Gasteiger partial charge in [0.2, 0.25) is 0 Å². The van der Waals surface area contributed by atoms with Crippen LogP contribution in [0.5, 0.6) is 11.5 Å². The molecule has 1 atom stereocenters. The first-order valence-corrected chi connectivity index (χ1v) is 11.5. The van der Waals surface area contributed by atoms with E-state index in [9.17, 15) is 10.1 Å². The van der Waals surface area contributed by atoms with Crippen LogP contribution in [0.3, 0.4) is 0 Å². The fraction of sp³-hybridized carbons (Fsp3) is 0.185. The number of amides is 1. The van der Waals surface area contributed by atoms with E-state index in [4.69, 9.17) is 9.47 Å². The standard InChI is InChI=1S/C27H25IN2O3/c1-18-9-11-20(12-10-18)17-33-26-24(28)14-21(15-25(26)32-3)13-23(16-29)27(31)30-19(2)22-7-5-4-6-8-22/h4-15,19H,17H2,1-3H3,(H,30,31)/b23-13-/t19-/m0/s1. The van der Waals surface area contributed by atoms with Gasteiger partial charge in [-0.1, -0.05) is 60.2 Å². The number of nitrogens with one attached hydrogen (secondary N) is 1. The van der Waals surface area contributed by atoms with E-state index in [1.165, 1.54) is 5.56 Å². The highest BCUT2D eigenvalue weighted by Crippen LogP contribution is 2.35. The Morgan fingerprint density at radius 1 is 1.15 bits per heavy atom. The molecule has 3 rings (SSSR count). The normalized spacial score (nSPS) is 11.9. The molecule has 0 heterocycles. The molecular formula is C27H25IN2O3. The van der Waals surface area contributed by atoms with Gasteiger partial charge in [0.05, 0.1) is 16.7 Å². The zero-order valence-electron chi connectivity index (χ0n) is 18.8. The third kappa shape index (κ3) is 6.59. The lowest BCUT2D eigenvalue weighted by Gasteiger charge is -2.15. The zero-order valence-corrected chi connectivity index (χ0v) is 20.9. The molecule has 0 spiro atoms. The lowest BCUT2D eigenvalue weighted by atomic mass is 10.1. The predicted octanol–water partition coefficient (Wildman–Crippen LogP) is 5.97. The van der Waals surface area contributed by atoms with Crippen LogP contribution in [-0.2, 0) is 11.4 Å². The van der Waals surface area contributed by atoms with Gasteiger partial charge in [0.15, 0.2) is 11.5 Å². The van der Waals surface area contributed by atoms with Crippen molar-refractivity contribution in [1.82, 2.24) is 5.32 Å². The van der Waals surface area contributed by atoms with Crippen LogP contribution in [0.15, 0.2) is 72.3 Å². The van der Waals surface area contributed by atoms with Crippen molar-refractivity contribution in [3.8, 4) is 17.6 Å². The van der Waals surface area contributed by atoms with Crippen molar-refractivity contribution in [1.29, 1.82) is 5.26 Å². The van der Waals surface area contributed by atoms with E-state index in [-0.39, 0.29) is 11.6 Å². The molecule has 33 heavy (non-hydrogen) atoms. The molecule has 6 heteroatoms. The Labute approximate surface area is 208 Å². The number of hydrogen-bond acceptors (Lipinski definition) is 4. The summed E-state index contributed by atoms with van der Waals surface area (Å²) in [7, 11) is 1.57. The first kappa shape index (κ1) is 24.3. The highest BCUT2D eigenvalue weighted by atomic mass is 127. The van der Waals surface area contributed by atoms with Gasteiger partial charge in [-0.3, -0.25) is 4.79 Å². The number of benzene rings is 3. The van der Waals surface area contributed by atoms with Crippen LogP contribution >= 0.6 is 22.6 Å². The summed E-state index contributed by atoms with van der Waals surface area (Å²) in [5.41, 5.74) is 3.91. The zero-order chi connectivity index (χ0) is 23.8. The van der Waals surface area contributed by atoms with Crippen LogP contribution in [-0.4, -0.2) is 13.0 Å². The van der Waals surface area contributed by atoms with Gasteiger partial charge in [0.25, 0.3) is 5.91 Å². The molecule has 3 aromatic carbocycles. The van der Waals surface area contributed by atoms with E-state index in [1.54, 1.807) is 19.3 Å². The molecule has 0 saturated heterocycles. The second-order valence-electron chi connectivity index (χ2n) is 7.58. The van der Waals surface area contributed by atoms with Crippen molar-refractivity contribution in [3.63, 3.8) is 0 Å². The average molecular weight is 552 g/mol. The minimum atomic E-state index is -0.428. The van der Waals surface area contributed by atoms with E-state index in [2.05, 4.69) is 27.9 Å². The first-order valence-electron chi connectivity index (χ1n) is 10.4. The predicted molar refractivity (Wildman–Crippen MR) is 138 cm³/mol. The molecule has 0 fully saturated rings. The number of rotatable bonds is 8. The van der Waals surface area contributed by atoms with Crippen molar-refractivity contribution in [2.45, 2.75) is 26.5 Å². The number of carbonyl (C=O) groups is 1. The molecule has 168 valence electrons. The molecule has 1 amide bonds. The van der Waals surface area contributed by atoms with Gasteiger partial charge < -0.3 is 14.8 Å². The van der Waals surface area contributed by atoms with E-state index in [0.717, 1.165) is 14.7 Å². The molecule has 3 aromatic rings. The third-order valence-electron chi connectivity index (χ3n) is 5.08. The Morgan fingerprint density at radius 2 is 1.85 bits per heavy atom. The number of nitrogens with zero attached hydrogens (tertiary/aromatic N) is 1. The minimum absolute atomic E-state index is 0.0176. The molecule has 5 nitrogen and oxygen atoms in total. The molecule has 0 aliphatic heterocycles. The molecule has 0 aromatic heterocycles. The van der Waals surface area contributed by atoms with Gasteiger partial charge in [-0.05, 0) is 71.3 Å². The summed E-state index contributed by atoms with van der Waals surface area (Å²) in [5, 5.41) is 12.5. The number of aryl methyl sites for hydroxylation is 1. The lowest BCUT2D eigenvalue weighted by Crippen LogP contribution is -2.27. The SMILES string of the molecule is COc1cc(/C=C(/C#N)C(=O)N[C@@H](C)c2ccccc2)cc(I)c1OCc1ccc(C)cc1. The maximum absolute atomic E-state index is 12.7. The maximum Gasteiger partial charge on any atom is 0.262 e. The Balaban J connectivity index is 1.78. The number of hydrogen-bond donors (Lipinski definition) is 1. The van der Waals surface area contributed by atoms with Crippen LogP contribution in [0.2, 0.25) is 0 Å².